The van der Waals surface area contributed by atoms with Gasteiger partial charge in [0.05, 0.1) is 21.6 Å². The third kappa shape index (κ3) is 2.95. The lowest BCUT2D eigenvalue weighted by molar-refractivity contribution is 0.0721. The molecular formula is C12H15ClN2O4S. The fourth-order valence-electron chi connectivity index (χ4n) is 2.21. The van der Waals surface area contributed by atoms with Gasteiger partial charge in [-0.05, 0) is 18.6 Å². The Morgan fingerprint density at radius 1 is 1.50 bits per heavy atom. The summed E-state index contributed by atoms with van der Waals surface area (Å²) in [6, 6.07) is 4.19. The van der Waals surface area contributed by atoms with Gasteiger partial charge in [0.2, 0.25) is 10.0 Å². The molecule has 0 bridgehead atoms. The second-order valence-corrected chi connectivity index (χ2v) is 6.49. The number of benzene rings is 1. The normalized spacial score (nSPS) is 19.4. The van der Waals surface area contributed by atoms with Crippen LogP contribution in [0.2, 0.25) is 5.02 Å². The van der Waals surface area contributed by atoms with Crippen molar-refractivity contribution in [3.63, 3.8) is 0 Å². The van der Waals surface area contributed by atoms with E-state index in [0.717, 1.165) is 0 Å². The minimum Gasteiger partial charge on any atom is -0.380 e. The minimum atomic E-state index is -4.01. The van der Waals surface area contributed by atoms with Gasteiger partial charge < -0.3 is 9.64 Å². The van der Waals surface area contributed by atoms with Crippen LogP contribution in [0.5, 0.6) is 0 Å². The van der Waals surface area contributed by atoms with Crippen LogP contribution in [0.15, 0.2) is 23.1 Å². The van der Waals surface area contributed by atoms with E-state index in [-0.39, 0.29) is 21.6 Å². The Kier molecular flexibility index (Phi) is 4.33. The highest BCUT2D eigenvalue weighted by molar-refractivity contribution is 7.89. The van der Waals surface area contributed by atoms with Crippen LogP contribution in [0, 0.1) is 0 Å². The van der Waals surface area contributed by atoms with Crippen LogP contribution in [0.3, 0.4) is 0 Å². The van der Waals surface area contributed by atoms with E-state index in [2.05, 4.69) is 0 Å². The van der Waals surface area contributed by atoms with Gasteiger partial charge in [0.25, 0.3) is 5.91 Å². The molecule has 1 aliphatic rings. The third-order valence-corrected chi connectivity index (χ3v) is 4.53. The van der Waals surface area contributed by atoms with E-state index >= 15 is 0 Å². The number of primary sulfonamides is 1. The predicted octanol–water partition coefficient (Wildman–Crippen LogP) is 0.848. The van der Waals surface area contributed by atoms with Crippen molar-refractivity contribution in [1.82, 2.24) is 4.90 Å². The van der Waals surface area contributed by atoms with Crippen LogP contribution >= 0.6 is 11.6 Å². The molecule has 1 aromatic rings. The number of sulfonamides is 1. The van der Waals surface area contributed by atoms with Crippen molar-refractivity contribution in [3.05, 3.63) is 28.8 Å². The molecule has 0 saturated carbocycles. The summed E-state index contributed by atoms with van der Waals surface area (Å²) >= 11 is 5.98. The molecule has 8 heteroatoms. The van der Waals surface area contributed by atoms with Gasteiger partial charge in [0.15, 0.2) is 0 Å². The molecule has 6 nitrogen and oxygen atoms in total. The van der Waals surface area contributed by atoms with Crippen molar-refractivity contribution in [1.29, 1.82) is 0 Å². The van der Waals surface area contributed by atoms with Gasteiger partial charge in [-0.15, -0.1) is 0 Å². The molecule has 0 aromatic heterocycles. The molecule has 0 spiro atoms. The van der Waals surface area contributed by atoms with Crippen molar-refractivity contribution in [3.8, 4) is 0 Å². The molecule has 1 heterocycles. The molecular weight excluding hydrogens is 304 g/mol. The van der Waals surface area contributed by atoms with Gasteiger partial charge in [-0.25, -0.2) is 13.6 Å². The maximum atomic E-state index is 12.5. The zero-order valence-corrected chi connectivity index (χ0v) is 12.4. The number of hydrogen-bond acceptors (Lipinski definition) is 4. The fourth-order valence-corrected chi connectivity index (χ4v) is 3.27. The molecule has 1 aliphatic heterocycles. The van der Waals surface area contributed by atoms with E-state index in [4.69, 9.17) is 21.5 Å². The van der Waals surface area contributed by atoms with Crippen LogP contribution in [0.1, 0.15) is 16.8 Å². The molecule has 0 radical (unpaired) electrons. The number of ether oxygens (including phenoxy) is 1. The number of halogens is 1. The summed E-state index contributed by atoms with van der Waals surface area (Å²) < 4.78 is 28.3. The molecule has 1 atom stereocenters. The Balaban J connectivity index is 2.40. The van der Waals surface area contributed by atoms with Gasteiger partial charge in [-0.3, -0.25) is 4.79 Å². The Morgan fingerprint density at radius 3 is 2.75 bits per heavy atom. The molecule has 1 unspecified atom stereocenters. The van der Waals surface area contributed by atoms with Gasteiger partial charge in [0, 0.05) is 20.2 Å². The zero-order chi connectivity index (χ0) is 14.9. The van der Waals surface area contributed by atoms with E-state index in [1.165, 1.54) is 23.1 Å². The maximum absolute atomic E-state index is 12.5. The van der Waals surface area contributed by atoms with Gasteiger partial charge >= 0.3 is 0 Å². The Morgan fingerprint density at radius 2 is 2.20 bits per heavy atom. The van der Waals surface area contributed by atoms with Crippen molar-refractivity contribution >= 4 is 27.5 Å². The lowest BCUT2D eigenvalue weighted by atomic mass is 10.2. The summed E-state index contributed by atoms with van der Waals surface area (Å²) in [6.07, 6.45) is 0.664. The average Bonchev–Trinajstić information content (AvgIpc) is 2.85. The number of nitrogens with zero attached hydrogens (tertiary/aromatic N) is 1. The first kappa shape index (κ1) is 15.2. The molecule has 0 aliphatic carbocycles. The van der Waals surface area contributed by atoms with Gasteiger partial charge in [-0.1, -0.05) is 17.7 Å². The first-order valence-corrected chi connectivity index (χ1v) is 7.90. The first-order chi connectivity index (χ1) is 9.34. The smallest absolute Gasteiger partial charge is 0.256 e. The van der Waals surface area contributed by atoms with Crippen molar-refractivity contribution in [2.75, 3.05) is 20.2 Å². The lowest BCUT2D eigenvalue weighted by Gasteiger charge is -2.18. The van der Waals surface area contributed by atoms with Crippen LogP contribution in [-0.2, 0) is 14.8 Å². The zero-order valence-electron chi connectivity index (χ0n) is 10.9. The number of nitrogens with two attached hydrogens (primary N) is 1. The highest BCUT2D eigenvalue weighted by Crippen LogP contribution is 2.26. The molecule has 1 amide bonds. The molecule has 1 aromatic carbocycles. The van der Waals surface area contributed by atoms with E-state index in [1.807, 2.05) is 0 Å². The predicted molar refractivity (Wildman–Crippen MR) is 74.1 cm³/mol. The van der Waals surface area contributed by atoms with Crippen molar-refractivity contribution in [2.45, 2.75) is 17.4 Å². The summed E-state index contributed by atoms with van der Waals surface area (Å²) in [5.74, 6) is -0.445. The van der Waals surface area contributed by atoms with E-state index in [9.17, 15) is 13.2 Å². The van der Waals surface area contributed by atoms with E-state index < -0.39 is 15.9 Å². The van der Waals surface area contributed by atoms with Crippen LogP contribution in [0.25, 0.3) is 0 Å². The molecule has 1 saturated heterocycles. The fraction of sp³-hybridized carbons (Fsp3) is 0.417. The van der Waals surface area contributed by atoms with Gasteiger partial charge in [-0.2, -0.15) is 0 Å². The number of likely N-dealkylation sites (tertiary alicyclic amines) is 1. The summed E-state index contributed by atoms with van der Waals surface area (Å²) in [5, 5.41) is 5.21. The van der Waals surface area contributed by atoms with Crippen LogP contribution in [0.4, 0.5) is 0 Å². The second kappa shape index (κ2) is 5.69. The molecule has 2 N–H and O–H groups in total. The topological polar surface area (TPSA) is 89.7 Å². The van der Waals surface area contributed by atoms with E-state index in [1.54, 1.807) is 7.11 Å². The van der Waals surface area contributed by atoms with Crippen molar-refractivity contribution < 1.29 is 17.9 Å². The monoisotopic (exact) mass is 318 g/mol. The quantitative estimate of drug-likeness (QED) is 0.894. The largest absolute Gasteiger partial charge is 0.380 e. The number of carbonyl (C=O) groups is 1. The lowest BCUT2D eigenvalue weighted by Crippen LogP contribution is -2.32. The molecule has 110 valence electrons. The minimum absolute atomic E-state index is 0.0422. The Hall–Kier alpha value is -1.15. The Labute approximate surface area is 122 Å². The number of rotatable bonds is 3. The van der Waals surface area contributed by atoms with E-state index in [0.29, 0.717) is 19.5 Å². The maximum Gasteiger partial charge on any atom is 0.256 e. The van der Waals surface area contributed by atoms with Crippen LogP contribution < -0.4 is 5.14 Å². The third-order valence-electron chi connectivity index (χ3n) is 3.26. The number of hydrogen-bond donors (Lipinski definition) is 1. The van der Waals surface area contributed by atoms with Gasteiger partial charge in [0.1, 0.15) is 0 Å². The average molecular weight is 319 g/mol. The number of amides is 1. The number of methoxy groups -OCH3 is 1. The summed E-state index contributed by atoms with van der Waals surface area (Å²) in [6.45, 7) is 0.900. The second-order valence-electron chi connectivity index (χ2n) is 4.56. The summed E-state index contributed by atoms with van der Waals surface area (Å²) in [7, 11) is -2.44. The molecule has 20 heavy (non-hydrogen) atoms. The van der Waals surface area contributed by atoms with Crippen LogP contribution in [-0.4, -0.2) is 45.5 Å². The summed E-state index contributed by atoms with van der Waals surface area (Å²) in [4.78, 5) is 13.7. The molecule has 1 fully saturated rings. The Bertz CT molecular complexity index is 632. The highest BCUT2D eigenvalue weighted by atomic mass is 35.5. The SMILES string of the molecule is COC1CCN(C(=O)c2c(Cl)cccc2S(N)(=O)=O)C1. The molecule has 2 rings (SSSR count). The summed E-state index contributed by atoms with van der Waals surface area (Å²) in [5.41, 5.74) is -0.0755. The standard InChI is InChI=1S/C12H15ClN2O4S/c1-19-8-5-6-15(7-8)12(16)11-9(13)3-2-4-10(11)20(14,17)18/h2-4,8H,5-7H2,1H3,(H2,14,17,18). The number of carbonyl (C=O) groups excluding carboxylic acids is 1. The first-order valence-electron chi connectivity index (χ1n) is 5.98. The van der Waals surface area contributed by atoms with Crippen molar-refractivity contribution in [2.24, 2.45) is 5.14 Å². The highest BCUT2D eigenvalue weighted by Gasteiger charge is 2.31.